The van der Waals surface area contributed by atoms with E-state index in [1.807, 2.05) is 37.3 Å². The molecule has 3 rings (SSSR count). The van der Waals surface area contributed by atoms with Gasteiger partial charge in [-0.2, -0.15) is 15.0 Å². The number of nitrogens with one attached hydrogen (secondary N) is 1. The number of aromatic nitrogens is 3. The summed E-state index contributed by atoms with van der Waals surface area (Å²) in [6.45, 7) is 3.58. The molecular formula is C15H20N4O2. The van der Waals surface area contributed by atoms with Gasteiger partial charge in [0.15, 0.2) is 0 Å². The van der Waals surface area contributed by atoms with Crippen molar-refractivity contribution in [3.63, 3.8) is 0 Å². The Kier molecular flexibility index (Phi) is 4.01. The van der Waals surface area contributed by atoms with Crippen LogP contribution in [0.1, 0.15) is 19.0 Å². The molecule has 21 heavy (non-hydrogen) atoms. The molecular weight excluding hydrogens is 268 g/mol. The fourth-order valence-corrected chi connectivity index (χ4v) is 2.47. The van der Waals surface area contributed by atoms with Crippen LogP contribution < -0.4 is 5.32 Å². The summed E-state index contributed by atoms with van der Waals surface area (Å²) < 4.78 is 5.41. The van der Waals surface area contributed by atoms with E-state index in [1.54, 1.807) is 11.0 Å². The molecule has 0 aliphatic carbocycles. The van der Waals surface area contributed by atoms with Crippen molar-refractivity contribution in [1.82, 2.24) is 20.3 Å². The summed E-state index contributed by atoms with van der Waals surface area (Å²) in [4.78, 5) is 1.60. The van der Waals surface area contributed by atoms with Crippen LogP contribution in [0.5, 0.6) is 0 Å². The molecule has 2 atom stereocenters. The number of nitrogens with zero attached hydrogens (tertiary/aromatic N) is 3. The van der Waals surface area contributed by atoms with E-state index in [9.17, 15) is 5.11 Å². The SMILES string of the molecule is CC1OCCC1(O)CNCc1cnn(-c2ccccc2)n1. The third kappa shape index (κ3) is 3.12. The van der Waals surface area contributed by atoms with Crippen molar-refractivity contribution >= 4 is 0 Å². The van der Waals surface area contributed by atoms with Crippen LogP contribution in [0.25, 0.3) is 5.69 Å². The highest BCUT2D eigenvalue weighted by Crippen LogP contribution is 2.24. The molecule has 0 radical (unpaired) electrons. The van der Waals surface area contributed by atoms with E-state index in [0.717, 1.165) is 11.4 Å². The van der Waals surface area contributed by atoms with Crippen LogP contribution in [0.2, 0.25) is 0 Å². The maximum absolute atomic E-state index is 10.4. The van der Waals surface area contributed by atoms with Gasteiger partial charge < -0.3 is 15.2 Å². The first-order valence-electron chi connectivity index (χ1n) is 7.19. The highest BCUT2D eigenvalue weighted by atomic mass is 16.5. The fraction of sp³-hybridized carbons (Fsp3) is 0.467. The molecule has 0 bridgehead atoms. The summed E-state index contributed by atoms with van der Waals surface area (Å²) in [5.74, 6) is 0. The van der Waals surface area contributed by atoms with Gasteiger partial charge in [0, 0.05) is 26.1 Å². The first-order valence-corrected chi connectivity index (χ1v) is 7.19. The van der Waals surface area contributed by atoms with Crippen LogP contribution in [0.15, 0.2) is 36.5 Å². The molecule has 0 spiro atoms. The summed E-state index contributed by atoms with van der Waals surface area (Å²) in [5.41, 5.74) is 0.990. The molecule has 1 saturated heterocycles. The number of hydrogen-bond acceptors (Lipinski definition) is 5. The number of para-hydroxylation sites is 1. The van der Waals surface area contributed by atoms with Crippen molar-refractivity contribution < 1.29 is 9.84 Å². The first kappa shape index (κ1) is 14.2. The first-order chi connectivity index (χ1) is 10.2. The topological polar surface area (TPSA) is 72.2 Å². The summed E-state index contributed by atoms with van der Waals surface area (Å²) in [7, 11) is 0. The molecule has 1 aromatic heterocycles. The lowest BCUT2D eigenvalue weighted by molar-refractivity contribution is -0.0263. The molecule has 0 saturated carbocycles. The average molecular weight is 288 g/mol. The molecule has 0 amide bonds. The number of benzene rings is 1. The molecule has 1 aliphatic heterocycles. The van der Waals surface area contributed by atoms with Crippen molar-refractivity contribution in [2.24, 2.45) is 0 Å². The highest BCUT2D eigenvalue weighted by Gasteiger charge is 2.38. The van der Waals surface area contributed by atoms with Crippen molar-refractivity contribution in [1.29, 1.82) is 0 Å². The van der Waals surface area contributed by atoms with E-state index in [0.29, 0.717) is 26.1 Å². The Labute approximate surface area is 123 Å². The summed E-state index contributed by atoms with van der Waals surface area (Å²) in [6, 6.07) is 9.77. The molecule has 2 aromatic rings. The van der Waals surface area contributed by atoms with Gasteiger partial charge in [-0.1, -0.05) is 18.2 Å². The number of hydrogen-bond donors (Lipinski definition) is 2. The lowest BCUT2D eigenvalue weighted by Crippen LogP contribution is -2.45. The van der Waals surface area contributed by atoms with Crippen molar-refractivity contribution in [2.75, 3.05) is 13.2 Å². The van der Waals surface area contributed by atoms with Gasteiger partial charge in [0.2, 0.25) is 0 Å². The quantitative estimate of drug-likeness (QED) is 0.855. The standard InChI is InChI=1S/C15H20N4O2/c1-12-15(20,7-8-21-12)11-16-9-13-10-17-19(18-13)14-5-3-2-4-6-14/h2-6,10,12,16,20H,7-9,11H2,1H3. The second kappa shape index (κ2) is 5.93. The van der Waals surface area contributed by atoms with Gasteiger partial charge >= 0.3 is 0 Å². The molecule has 6 heteroatoms. The van der Waals surface area contributed by atoms with Crippen LogP contribution in [-0.4, -0.2) is 45.0 Å². The maximum Gasteiger partial charge on any atom is 0.105 e. The van der Waals surface area contributed by atoms with Gasteiger partial charge in [-0.25, -0.2) is 0 Å². The van der Waals surface area contributed by atoms with E-state index in [4.69, 9.17) is 4.74 Å². The van der Waals surface area contributed by atoms with Crippen LogP contribution in [0.3, 0.4) is 0 Å². The summed E-state index contributed by atoms with van der Waals surface area (Å²) in [6.07, 6.45) is 2.27. The van der Waals surface area contributed by atoms with E-state index in [2.05, 4.69) is 15.5 Å². The highest BCUT2D eigenvalue weighted by molar-refractivity contribution is 5.28. The Morgan fingerprint density at radius 1 is 1.43 bits per heavy atom. The zero-order chi connectivity index (χ0) is 14.7. The third-order valence-corrected chi connectivity index (χ3v) is 3.92. The molecule has 1 fully saturated rings. The predicted molar refractivity (Wildman–Crippen MR) is 78.0 cm³/mol. The van der Waals surface area contributed by atoms with Gasteiger partial charge in [0.25, 0.3) is 0 Å². The monoisotopic (exact) mass is 288 g/mol. The van der Waals surface area contributed by atoms with Crippen molar-refractivity contribution in [3.8, 4) is 5.69 Å². The van der Waals surface area contributed by atoms with Gasteiger partial charge in [-0.05, 0) is 19.1 Å². The van der Waals surface area contributed by atoms with Gasteiger partial charge in [-0.15, -0.1) is 0 Å². The Balaban J connectivity index is 1.56. The zero-order valence-electron chi connectivity index (χ0n) is 12.1. The minimum atomic E-state index is -0.782. The van der Waals surface area contributed by atoms with Crippen molar-refractivity contribution in [3.05, 3.63) is 42.2 Å². The Bertz CT molecular complexity index is 586. The fourth-order valence-electron chi connectivity index (χ4n) is 2.47. The van der Waals surface area contributed by atoms with Gasteiger partial charge in [-0.3, -0.25) is 0 Å². The minimum absolute atomic E-state index is 0.134. The normalized spacial score (nSPS) is 25.3. The maximum atomic E-state index is 10.4. The van der Waals surface area contributed by atoms with Gasteiger partial charge in [0.1, 0.15) is 5.60 Å². The minimum Gasteiger partial charge on any atom is -0.386 e. The summed E-state index contributed by atoms with van der Waals surface area (Å²) >= 11 is 0. The van der Waals surface area contributed by atoms with Gasteiger partial charge in [0.05, 0.1) is 23.7 Å². The van der Waals surface area contributed by atoms with E-state index >= 15 is 0 Å². The van der Waals surface area contributed by atoms with Crippen molar-refractivity contribution in [2.45, 2.75) is 31.6 Å². The number of ether oxygens (including phenoxy) is 1. The van der Waals surface area contributed by atoms with E-state index in [-0.39, 0.29) is 6.10 Å². The number of aliphatic hydroxyl groups is 1. The molecule has 2 heterocycles. The Morgan fingerprint density at radius 3 is 2.95 bits per heavy atom. The largest absolute Gasteiger partial charge is 0.386 e. The molecule has 6 nitrogen and oxygen atoms in total. The molecule has 1 aromatic carbocycles. The zero-order valence-corrected chi connectivity index (χ0v) is 12.1. The predicted octanol–water partition coefficient (Wildman–Crippen LogP) is 0.897. The lowest BCUT2D eigenvalue weighted by atomic mass is 9.97. The molecule has 2 unspecified atom stereocenters. The smallest absolute Gasteiger partial charge is 0.105 e. The van der Waals surface area contributed by atoms with Crippen LogP contribution in [0, 0.1) is 0 Å². The molecule has 2 N–H and O–H groups in total. The molecule has 112 valence electrons. The van der Waals surface area contributed by atoms with E-state index < -0.39 is 5.60 Å². The lowest BCUT2D eigenvalue weighted by Gasteiger charge is -2.26. The number of rotatable bonds is 5. The van der Waals surface area contributed by atoms with Crippen LogP contribution in [0.4, 0.5) is 0 Å². The average Bonchev–Trinajstić information content (AvgIpc) is 3.09. The summed E-state index contributed by atoms with van der Waals surface area (Å²) in [5, 5.41) is 22.3. The van der Waals surface area contributed by atoms with E-state index in [1.165, 1.54) is 0 Å². The second-order valence-electron chi connectivity index (χ2n) is 5.43. The molecule has 1 aliphatic rings. The van der Waals surface area contributed by atoms with Crippen LogP contribution in [-0.2, 0) is 11.3 Å². The Hall–Kier alpha value is -1.76. The second-order valence-corrected chi connectivity index (χ2v) is 5.43. The van der Waals surface area contributed by atoms with Crippen LogP contribution >= 0.6 is 0 Å². The Morgan fingerprint density at radius 2 is 2.24 bits per heavy atom. The third-order valence-electron chi connectivity index (χ3n) is 3.92.